The van der Waals surface area contributed by atoms with Gasteiger partial charge in [0.05, 0.1) is 22.7 Å². The van der Waals surface area contributed by atoms with Crippen molar-refractivity contribution in [2.24, 2.45) is 0 Å². The van der Waals surface area contributed by atoms with Crippen LogP contribution < -0.4 is 10.2 Å². The Morgan fingerprint density at radius 2 is 1.97 bits per heavy atom. The third-order valence-corrected chi connectivity index (χ3v) is 6.73. The van der Waals surface area contributed by atoms with E-state index >= 15 is 0 Å². The number of sulfone groups is 1. The summed E-state index contributed by atoms with van der Waals surface area (Å²) >= 11 is 0. The van der Waals surface area contributed by atoms with E-state index in [2.05, 4.69) is 15.3 Å². The van der Waals surface area contributed by atoms with Crippen molar-refractivity contribution < 1.29 is 18.0 Å². The molecule has 1 N–H and O–H groups in total. The Labute approximate surface area is 186 Å². The number of aromatic nitrogens is 2. The van der Waals surface area contributed by atoms with Gasteiger partial charge in [-0.1, -0.05) is 6.07 Å². The van der Waals surface area contributed by atoms with Crippen molar-refractivity contribution in [3.8, 4) is 0 Å². The van der Waals surface area contributed by atoms with Gasteiger partial charge in [-0.25, -0.2) is 13.4 Å². The second-order valence-electron chi connectivity index (χ2n) is 7.98. The number of hydrogen-bond donors (Lipinski definition) is 1. The molecule has 0 bridgehead atoms. The molecule has 1 aliphatic heterocycles. The zero-order chi connectivity index (χ0) is 22.9. The van der Waals surface area contributed by atoms with E-state index in [9.17, 15) is 18.0 Å². The maximum absolute atomic E-state index is 12.6. The van der Waals surface area contributed by atoms with Crippen LogP contribution in [0.15, 0.2) is 47.5 Å². The molecule has 1 fully saturated rings. The summed E-state index contributed by atoms with van der Waals surface area (Å²) in [5.74, 6) is 0.310. The van der Waals surface area contributed by atoms with Crippen molar-refractivity contribution in [1.29, 1.82) is 0 Å². The quantitative estimate of drug-likeness (QED) is 0.638. The molecule has 0 saturated carbocycles. The van der Waals surface area contributed by atoms with Crippen molar-refractivity contribution in [1.82, 2.24) is 15.3 Å². The number of amides is 2. The highest BCUT2D eigenvalue weighted by Gasteiger charge is 2.21. The molecule has 1 aliphatic rings. The molecule has 8 nitrogen and oxygen atoms in total. The van der Waals surface area contributed by atoms with Gasteiger partial charge in [-0.05, 0) is 55.7 Å². The summed E-state index contributed by atoms with van der Waals surface area (Å²) < 4.78 is 23.8. The minimum atomic E-state index is -3.43. The summed E-state index contributed by atoms with van der Waals surface area (Å²) in [5.41, 5.74) is 2.15. The number of benzene rings is 1. The van der Waals surface area contributed by atoms with Crippen LogP contribution in [0, 0.1) is 6.92 Å². The lowest BCUT2D eigenvalue weighted by molar-refractivity contribution is -0.119. The van der Waals surface area contributed by atoms with Crippen LogP contribution in [0.4, 0.5) is 5.82 Å². The van der Waals surface area contributed by atoms with E-state index < -0.39 is 15.7 Å². The number of aryl methyl sites for hydroxylation is 1. The van der Waals surface area contributed by atoms with Crippen molar-refractivity contribution in [3.63, 3.8) is 0 Å². The molecule has 0 aliphatic carbocycles. The number of fused-ring (bicyclic) bond motifs is 1. The topological polar surface area (TPSA) is 109 Å². The summed E-state index contributed by atoms with van der Waals surface area (Å²) in [6, 6.07) is 10.1. The average Bonchev–Trinajstić information content (AvgIpc) is 2.76. The number of carbonyl (C=O) groups excluding carboxylic acids is 2. The van der Waals surface area contributed by atoms with E-state index in [1.54, 1.807) is 36.2 Å². The summed E-state index contributed by atoms with van der Waals surface area (Å²) in [4.78, 5) is 35.6. The highest BCUT2D eigenvalue weighted by Crippen LogP contribution is 2.22. The van der Waals surface area contributed by atoms with E-state index in [1.807, 2.05) is 12.1 Å². The van der Waals surface area contributed by atoms with E-state index in [0.717, 1.165) is 24.5 Å². The number of nitrogens with zero attached hydrogens (tertiary/aromatic N) is 3. The smallest absolute Gasteiger partial charge is 0.251 e. The van der Waals surface area contributed by atoms with Crippen LogP contribution >= 0.6 is 0 Å². The number of piperidine rings is 1. The molecule has 166 valence electrons. The summed E-state index contributed by atoms with van der Waals surface area (Å²) in [6.45, 7) is 2.51. The van der Waals surface area contributed by atoms with Crippen LogP contribution in [0.5, 0.6) is 0 Å². The van der Waals surface area contributed by atoms with E-state index in [4.69, 9.17) is 0 Å². The lowest BCUT2D eigenvalue weighted by atomic mass is 10.1. The maximum atomic E-state index is 12.6. The van der Waals surface area contributed by atoms with E-state index in [0.29, 0.717) is 35.6 Å². The maximum Gasteiger partial charge on any atom is 0.251 e. The van der Waals surface area contributed by atoms with Gasteiger partial charge in [-0.15, -0.1) is 0 Å². The first-order chi connectivity index (χ1) is 15.2. The zero-order valence-electron chi connectivity index (χ0n) is 18.0. The van der Waals surface area contributed by atoms with Crippen LogP contribution in [-0.2, 0) is 21.2 Å². The normalized spacial score (nSPS) is 14.6. The molecule has 2 aromatic heterocycles. The largest absolute Gasteiger partial charge is 0.346 e. The minimum Gasteiger partial charge on any atom is -0.346 e. The molecule has 9 heteroatoms. The molecule has 0 spiro atoms. The molecular weight excluding hydrogens is 428 g/mol. The first-order valence-electron chi connectivity index (χ1n) is 10.4. The standard InChI is InChI=1S/C23H24N4O4S/c1-15-6-7-16(11-20(15)32(2,30)31)23(29)25-14-18-12-19-17(13-24-18)8-9-21(26-19)27-10-4-3-5-22(27)28/h6-9,11-13H,3-5,10,14H2,1-2H3,(H,25,29). The molecule has 3 heterocycles. The van der Waals surface area contributed by atoms with Gasteiger partial charge in [0.2, 0.25) is 5.91 Å². The van der Waals surface area contributed by atoms with E-state index in [1.165, 1.54) is 6.07 Å². The predicted octanol–water partition coefficient (Wildman–Crippen LogP) is 2.79. The van der Waals surface area contributed by atoms with Crippen LogP contribution in [0.25, 0.3) is 10.9 Å². The fraction of sp³-hybridized carbons (Fsp3) is 0.304. The Morgan fingerprint density at radius 1 is 1.16 bits per heavy atom. The molecule has 0 unspecified atom stereocenters. The van der Waals surface area contributed by atoms with Crippen molar-refractivity contribution in [3.05, 3.63) is 59.4 Å². The highest BCUT2D eigenvalue weighted by molar-refractivity contribution is 7.90. The Kier molecular flexibility index (Phi) is 5.92. The van der Waals surface area contributed by atoms with Gasteiger partial charge in [0.25, 0.3) is 5.91 Å². The Bertz CT molecular complexity index is 1320. The lowest BCUT2D eigenvalue weighted by Gasteiger charge is -2.25. The molecule has 0 radical (unpaired) electrons. The fourth-order valence-electron chi connectivity index (χ4n) is 3.76. The van der Waals surface area contributed by atoms with Crippen LogP contribution in [-0.4, -0.2) is 43.0 Å². The Morgan fingerprint density at radius 3 is 2.72 bits per heavy atom. The summed E-state index contributed by atoms with van der Waals surface area (Å²) in [5, 5.41) is 3.61. The predicted molar refractivity (Wildman–Crippen MR) is 121 cm³/mol. The SMILES string of the molecule is Cc1ccc(C(=O)NCc2cc3nc(N4CCCCC4=O)ccc3cn2)cc1S(C)(=O)=O. The molecule has 0 atom stereocenters. The van der Waals surface area contributed by atoms with Gasteiger partial charge in [0.1, 0.15) is 5.82 Å². The highest BCUT2D eigenvalue weighted by atomic mass is 32.2. The third kappa shape index (κ3) is 4.62. The number of carbonyl (C=O) groups is 2. The summed E-state index contributed by atoms with van der Waals surface area (Å²) in [6.07, 6.45) is 5.20. The fourth-order valence-corrected chi connectivity index (χ4v) is 4.75. The summed E-state index contributed by atoms with van der Waals surface area (Å²) in [7, 11) is -3.43. The van der Waals surface area contributed by atoms with E-state index in [-0.39, 0.29) is 22.9 Å². The lowest BCUT2D eigenvalue weighted by Crippen LogP contribution is -2.35. The molecule has 1 saturated heterocycles. The van der Waals surface area contributed by atoms with Crippen molar-refractivity contribution in [2.75, 3.05) is 17.7 Å². The molecular formula is C23H24N4O4S. The second-order valence-corrected chi connectivity index (χ2v) is 9.96. The Hall–Kier alpha value is -3.33. The monoisotopic (exact) mass is 452 g/mol. The third-order valence-electron chi connectivity index (χ3n) is 5.50. The van der Waals surface area contributed by atoms with Crippen LogP contribution in [0.2, 0.25) is 0 Å². The van der Waals surface area contributed by atoms with Gasteiger partial charge < -0.3 is 5.32 Å². The molecule has 1 aromatic carbocycles. The van der Waals surface area contributed by atoms with Gasteiger partial charge in [0, 0.05) is 36.4 Å². The van der Waals surface area contributed by atoms with Crippen molar-refractivity contribution >= 4 is 38.4 Å². The van der Waals surface area contributed by atoms with Gasteiger partial charge in [-0.3, -0.25) is 19.5 Å². The molecule has 32 heavy (non-hydrogen) atoms. The zero-order valence-corrected chi connectivity index (χ0v) is 18.8. The Balaban J connectivity index is 1.52. The first kappa shape index (κ1) is 21.9. The number of hydrogen-bond acceptors (Lipinski definition) is 6. The number of nitrogens with one attached hydrogen (secondary N) is 1. The van der Waals surface area contributed by atoms with Gasteiger partial charge >= 0.3 is 0 Å². The number of rotatable bonds is 5. The molecule has 4 rings (SSSR count). The van der Waals surface area contributed by atoms with Gasteiger partial charge in [-0.2, -0.15) is 0 Å². The van der Waals surface area contributed by atoms with Crippen LogP contribution in [0.1, 0.15) is 40.9 Å². The van der Waals surface area contributed by atoms with Crippen molar-refractivity contribution in [2.45, 2.75) is 37.6 Å². The minimum absolute atomic E-state index is 0.0798. The second kappa shape index (κ2) is 8.66. The average molecular weight is 453 g/mol. The van der Waals surface area contributed by atoms with Gasteiger partial charge in [0.15, 0.2) is 9.84 Å². The molecule has 3 aromatic rings. The molecule has 2 amide bonds. The van der Waals surface area contributed by atoms with Crippen LogP contribution in [0.3, 0.4) is 0 Å². The first-order valence-corrected chi connectivity index (χ1v) is 12.3. The number of pyridine rings is 2. The number of anilines is 1.